The molecule has 0 bridgehead atoms. The average Bonchev–Trinajstić information content (AvgIpc) is 2.42. The Morgan fingerprint density at radius 2 is 1.95 bits per heavy atom. The Morgan fingerprint density at radius 3 is 2.62 bits per heavy atom. The summed E-state index contributed by atoms with van der Waals surface area (Å²) in [4.78, 5) is 11.3. The fourth-order valence-electron chi connectivity index (χ4n) is 1.69. The van der Waals surface area contributed by atoms with Crippen LogP contribution in [0.15, 0.2) is 46.9 Å². The standard InChI is InChI=1S/C15H12BrFN2OS/c1-9(20)10-3-2-4-12(7-10)18-15(21)19-14-6-5-11(16)8-13(14)17/h2-8H,1H3,(H2,18,19,21). The molecule has 3 nitrogen and oxygen atoms in total. The molecule has 6 heteroatoms. The molecule has 0 saturated heterocycles. The Hall–Kier alpha value is -1.79. The molecule has 0 fully saturated rings. The van der Waals surface area contributed by atoms with Gasteiger partial charge in [0.2, 0.25) is 0 Å². The molecular weight excluding hydrogens is 355 g/mol. The van der Waals surface area contributed by atoms with Crippen LogP contribution in [-0.4, -0.2) is 10.9 Å². The first kappa shape index (κ1) is 15.6. The minimum absolute atomic E-state index is 0.0310. The predicted octanol–water partition coefficient (Wildman–Crippen LogP) is 4.60. The smallest absolute Gasteiger partial charge is 0.175 e. The maximum atomic E-state index is 13.7. The molecule has 0 spiro atoms. The number of hydrogen-bond acceptors (Lipinski definition) is 2. The lowest BCUT2D eigenvalue weighted by molar-refractivity contribution is 0.101. The summed E-state index contributed by atoms with van der Waals surface area (Å²) >= 11 is 8.32. The van der Waals surface area contributed by atoms with Crippen LogP contribution in [0.1, 0.15) is 17.3 Å². The topological polar surface area (TPSA) is 41.1 Å². The molecule has 108 valence electrons. The number of thiocarbonyl (C=S) groups is 1. The Kier molecular flexibility index (Phi) is 5.03. The average molecular weight is 367 g/mol. The number of anilines is 2. The van der Waals surface area contributed by atoms with Gasteiger partial charge < -0.3 is 10.6 Å². The molecule has 0 atom stereocenters. The highest BCUT2D eigenvalue weighted by molar-refractivity contribution is 9.10. The van der Waals surface area contributed by atoms with E-state index in [1.807, 2.05) is 0 Å². The molecule has 0 heterocycles. The number of nitrogens with one attached hydrogen (secondary N) is 2. The molecule has 21 heavy (non-hydrogen) atoms. The van der Waals surface area contributed by atoms with E-state index in [0.717, 1.165) is 0 Å². The second-order valence-corrected chi connectivity index (χ2v) is 5.66. The van der Waals surface area contributed by atoms with Crippen molar-refractivity contribution in [2.75, 3.05) is 10.6 Å². The van der Waals surface area contributed by atoms with Crippen molar-refractivity contribution in [3.8, 4) is 0 Å². The van der Waals surface area contributed by atoms with Gasteiger partial charge in [0.25, 0.3) is 0 Å². The summed E-state index contributed by atoms with van der Waals surface area (Å²) in [5, 5.41) is 5.94. The Labute approximate surface area is 135 Å². The second kappa shape index (κ2) is 6.78. The predicted molar refractivity (Wildman–Crippen MR) is 90.4 cm³/mol. The summed E-state index contributed by atoms with van der Waals surface area (Å²) in [5.41, 5.74) is 1.52. The van der Waals surface area contributed by atoms with Crippen LogP contribution in [0.25, 0.3) is 0 Å². The summed E-state index contributed by atoms with van der Waals surface area (Å²) in [6.45, 7) is 1.49. The number of benzene rings is 2. The van der Waals surface area contributed by atoms with Crippen LogP contribution in [0.4, 0.5) is 15.8 Å². The Morgan fingerprint density at radius 1 is 1.19 bits per heavy atom. The first-order chi connectivity index (χ1) is 9.95. The first-order valence-electron chi connectivity index (χ1n) is 6.10. The summed E-state index contributed by atoms with van der Waals surface area (Å²) < 4.78 is 14.3. The van der Waals surface area contributed by atoms with Gasteiger partial charge in [-0.05, 0) is 49.5 Å². The largest absolute Gasteiger partial charge is 0.332 e. The van der Waals surface area contributed by atoms with Crippen molar-refractivity contribution in [3.63, 3.8) is 0 Å². The number of carbonyl (C=O) groups is 1. The molecule has 0 unspecified atom stereocenters. The van der Waals surface area contributed by atoms with E-state index in [1.54, 1.807) is 36.4 Å². The lowest BCUT2D eigenvalue weighted by atomic mass is 10.1. The molecule has 0 aromatic heterocycles. The maximum absolute atomic E-state index is 13.7. The third-order valence-electron chi connectivity index (χ3n) is 2.71. The van der Waals surface area contributed by atoms with Crippen molar-refractivity contribution in [2.45, 2.75) is 6.92 Å². The quantitative estimate of drug-likeness (QED) is 0.615. The zero-order valence-corrected chi connectivity index (χ0v) is 13.5. The van der Waals surface area contributed by atoms with E-state index >= 15 is 0 Å². The highest BCUT2D eigenvalue weighted by atomic mass is 79.9. The zero-order chi connectivity index (χ0) is 15.4. The van der Waals surface area contributed by atoms with Gasteiger partial charge in [-0.25, -0.2) is 4.39 Å². The lowest BCUT2D eigenvalue weighted by Crippen LogP contribution is -2.19. The first-order valence-corrected chi connectivity index (χ1v) is 7.30. The molecule has 2 aromatic carbocycles. The molecular formula is C15H12BrFN2OS. The number of rotatable bonds is 3. The normalized spacial score (nSPS) is 10.0. The maximum Gasteiger partial charge on any atom is 0.175 e. The van der Waals surface area contributed by atoms with E-state index in [-0.39, 0.29) is 16.6 Å². The van der Waals surface area contributed by atoms with E-state index in [0.29, 0.717) is 15.7 Å². The van der Waals surface area contributed by atoms with Crippen LogP contribution in [0.2, 0.25) is 0 Å². The third-order valence-corrected chi connectivity index (χ3v) is 3.40. The molecule has 0 radical (unpaired) electrons. The van der Waals surface area contributed by atoms with Crippen molar-refractivity contribution in [3.05, 3.63) is 58.3 Å². The van der Waals surface area contributed by atoms with Crippen molar-refractivity contribution in [1.82, 2.24) is 0 Å². The molecule has 0 aliphatic rings. The van der Waals surface area contributed by atoms with Gasteiger partial charge >= 0.3 is 0 Å². The van der Waals surface area contributed by atoms with Crippen molar-refractivity contribution in [2.24, 2.45) is 0 Å². The van der Waals surface area contributed by atoms with Gasteiger partial charge in [-0.1, -0.05) is 28.1 Å². The number of Topliss-reactive ketones (excluding diaryl/α,β-unsaturated/α-hetero) is 1. The molecule has 0 saturated carbocycles. The fourth-order valence-corrected chi connectivity index (χ4v) is 2.25. The second-order valence-electron chi connectivity index (χ2n) is 4.34. The highest BCUT2D eigenvalue weighted by Crippen LogP contribution is 2.20. The molecule has 2 rings (SSSR count). The fraction of sp³-hybridized carbons (Fsp3) is 0.0667. The van der Waals surface area contributed by atoms with Crippen molar-refractivity contribution >= 4 is 50.4 Å². The Balaban J connectivity index is 2.08. The molecule has 0 aliphatic heterocycles. The van der Waals surface area contributed by atoms with Crippen LogP contribution >= 0.6 is 28.1 Å². The number of halogens is 2. The van der Waals surface area contributed by atoms with Gasteiger partial charge in [0.15, 0.2) is 10.9 Å². The summed E-state index contributed by atoms with van der Waals surface area (Å²) in [6.07, 6.45) is 0. The van der Waals surface area contributed by atoms with Crippen LogP contribution < -0.4 is 10.6 Å². The van der Waals surface area contributed by atoms with Gasteiger partial charge in [0, 0.05) is 15.7 Å². The number of ketones is 1. The van der Waals surface area contributed by atoms with Crippen LogP contribution in [-0.2, 0) is 0 Å². The van der Waals surface area contributed by atoms with Gasteiger partial charge in [-0.15, -0.1) is 0 Å². The SMILES string of the molecule is CC(=O)c1cccc(NC(=S)Nc2ccc(Br)cc2F)c1. The van der Waals surface area contributed by atoms with E-state index in [4.69, 9.17) is 12.2 Å². The van der Waals surface area contributed by atoms with Crippen LogP contribution in [0, 0.1) is 5.82 Å². The van der Waals surface area contributed by atoms with Crippen LogP contribution in [0.5, 0.6) is 0 Å². The van der Waals surface area contributed by atoms with E-state index in [2.05, 4.69) is 26.6 Å². The van der Waals surface area contributed by atoms with E-state index in [9.17, 15) is 9.18 Å². The third kappa shape index (κ3) is 4.34. The van der Waals surface area contributed by atoms with Crippen LogP contribution in [0.3, 0.4) is 0 Å². The van der Waals surface area contributed by atoms with E-state index < -0.39 is 5.82 Å². The minimum atomic E-state index is -0.411. The lowest BCUT2D eigenvalue weighted by Gasteiger charge is -2.12. The van der Waals surface area contributed by atoms with Gasteiger partial charge in [0.05, 0.1) is 5.69 Å². The molecule has 0 aliphatic carbocycles. The summed E-state index contributed by atoms with van der Waals surface area (Å²) in [5.74, 6) is -0.442. The van der Waals surface area contributed by atoms with Gasteiger partial charge in [0.1, 0.15) is 5.82 Å². The monoisotopic (exact) mass is 366 g/mol. The zero-order valence-electron chi connectivity index (χ0n) is 11.1. The molecule has 0 amide bonds. The molecule has 2 aromatic rings. The van der Waals surface area contributed by atoms with Gasteiger partial charge in [-0.2, -0.15) is 0 Å². The number of hydrogen-bond donors (Lipinski definition) is 2. The van der Waals surface area contributed by atoms with E-state index in [1.165, 1.54) is 13.0 Å². The molecule has 2 N–H and O–H groups in total. The summed E-state index contributed by atoms with van der Waals surface area (Å²) in [7, 11) is 0. The van der Waals surface area contributed by atoms with Crippen molar-refractivity contribution in [1.29, 1.82) is 0 Å². The Bertz CT molecular complexity index is 706. The van der Waals surface area contributed by atoms with Crippen molar-refractivity contribution < 1.29 is 9.18 Å². The summed E-state index contributed by atoms with van der Waals surface area (Å²) in [6, 6.07) is 11.6. The highest BCUT2D eigenvalue weighted by Gasteiger charge is 2.06. The minimum Gasteiger partial charge on any atom is -0.332 e. The number of carbonyl (C=O) groups excluding carboxylic acids is 1. The van der Waals surface area contributed by atoms with Gasteiger partial charge in [-0.3, -0.25) is 4.79 Å².